The third-order valence-corrected chi connectivity index (χ3v) is 3.92. The highest BCUT2D eigenvalue weighted by atomic mass is 32.1. The smallest absolute Gasteiger partial charge is 0.231 e. The molecule has 0 saturated carbocycles. The van der Waals surface area contributed by atoms with Crippen LogP contribution in [0.15, 0.2) is 36.0 Å². The fourth-order valence-electron chi connectivity index (χ4n) is 2.18. The number of amides is 1. The van der Waals surface area contributed by atoms with E-state index in [2.05, 4.69) is 16.9 Å². The minimum Gasteiger partial charge on any atom is -0.330 e. The van der Waals surface area contributed by atoms with Gasteiger partial charge in [-0.25, -0.2) is 4.98 Å². The molecule has 3 rings (SSSR count). The lowest BCUT2D eigenvalue weighted by atomic mass is 9.90. The Kier molecular flexibility index (Phi) is 2.44. The summed E-state index contributed by atoms with van der Waals surface area (Å²) in [6.07, 6.45) is 1.69. The van der Waals surface area contributed by atoms with E-state index in [-0.39, 0.29) is 11.8 Å². The first kappa shape index (κ1) is 10.5. The number of benzene rings is 1. The molecule has 1 N–H and O–H groups in total. The summed E-state index contributed by atoms with van der Waals surface area (Å²) in [7, 11) is 0. The van der Waals surface area contributed by atoms with Crippen LogP contribution in [0, 0.1) is 0 Å². The summed E-state index contributed by atoms with van der Waals surface area (Å²) in [5.41, 5.74) is 4.68. The first-order valence-electron chi connectivity index (χ1n) is 5.56. The molecule has 0 aliphatic carbocycles. The van der Waals surface area contributed by atoms with Crippen molar-refractivity contribution in [3.63, 3.8) is 0 Å². The molecule has 0 bridgehead atoms. The molecular weight excluding hydrogens is 232 g/mol. The van der Waals surface area contributed by atoms with Crippen LogP contribution in [0.25, 0.3) is 10.2 Å². The molecule has 1 aliphatic rings. The Bertz CT molecular complexity index is 602. The molecule has 1 fully saturated rings. The first-order chi connectivity index (χ1) is 8.24. The zero-order valence-corrected chi connectivity index (χ0v) is 10.1. The maximum atomic E-state index is 11.9. The molecule has 1 saturated heterocycles. The van der Waals surface area contributed by atoms with Crippen molar-refractivity contribution in [1.29, 1.82) is 0 Å². The minimum atomic E-state index is -0.0633. The molecule has 2 heterocycles. The number of nitrogens with zero attached hydrogens (tertiary/aromatic N) is 1. The SMILES string of the molecule is C=C1CCC(c2ccc3scnc3c2)C(=O)N1. The maximum absolute atomic E-state index is 11.9. The first-order valence-corrected chi connectivity index (χ1v) is 6.44. The molecule has 1 unspecified atom stereocenters. The Morgan fingerprint density at radius 2 is 2.35 bits per heavy atom. The second-order valence-corrected chi connectivity index (χ2v) is 5.15. The lowest BCUT2D eigenvalue weighted by Gasteiger charge is -2.23. The lowest BCUT2D eigenvalue weighted by molar-refractivity contribution is -0.122. The summed E-state index contributed by atoms with van der Waals surface area (Å²) in [6, 6.07) is 6.09. The van der Waals surface area contributed by atoms with Crippen molar-refractivity contribution in [1.82, 2.24) is 10.3 Å². The second-order valence-electron chi connectivity index (χ2n) is 4.26. The zero-order valence-electron chi connectivity index (χ0n) is 9.27. The average molecular weight is 244 g/mol. The highest BCUT2D eigenvalue weighted by Gasteiger charge is 2.25. The maximum Gasteiger partial charge on any atom is 0.231 e. The third-order valence-electron chi connectivity index (χ3n) is 3.11. The van der Waals surface area contributed by atoms with Gasteiger partial charge in [0.25, 0.3) is 0 Å². The van der Waals surface area contributed by atoms with Gasteiger partial charge in [0.05, 0.1) is 21.6 Å². The van der Waals surface area contributed by atoms with Gasteiger partial charge in [0.2, 0.25) is 5.91 Å². The molecule has 1 aromatic carbocycles. The summed E-state index contributed by atoms with van der Waals surface area (Å²) < 4.78 is 1.16. The number of hydrogen-bond donors (Lipinski definition) is 1. The third kappa shape index (κ3) is 1.85. The van der Waals surface area contributed by atoms with Gasteiger partial charge in [0.15, 0.2) is 0 Å². The molecule has 3 nitrogen and oxygen atoms in total. The number of carbonyl (C=O) groups excluding carboxylic acids is 1. The van der Waals surface area contributed by atoms with Crippen LogP contribution in [0.5, 0.6) is 0 Å². The van der Waals surface area contributed by atoms with Crippen LogP contribution < -0.4 is 5.32 Å². The molecule has 0 radical (unpaired) electrons. The van der Waals surface area contributed by atoms with Gasteiger partial charge in [0, 0.05) is 5.70 Å². The highest BCUT2D eigenvalue weighted by Crippen LogP contribution is 2.29. The van der Waals surface area contributed by atoms with Gasteiger partial charge in [-0.15, -0.1) is 11.3 Å². The number of fused-ring (bicyclic) bond motifs is 1. The van der Waals surface area contributed by atoms with E-state index >= 15 is 0 Å². The van der Waals surface area contributed by atoms with Crippen molar-refractivity contribution < 1.29 is 4.79 Å². The number of hydrogen-bond acceptors (Lipinski definition) is 3. The Morgan fingerprint density at radius 1 is 1.47 bits per heavy atom. The van der Waals surface area contributed by atoms with Crippen molar-refractivity contribution in [2.24, 2.45) is 0 Å². The number of aromatic nitrogens is 1. The molecule has 1 amide bonds. The standard InChI is InChI=1S/C13H12N2OS/c1-8-2-4-10(13(16)15-8)9-3-5-12-11(6-9)14-7-17-12/h3,5-7,10H,1-2,4H2,(H,15,16). The van der Waals surface area contributed by atoms with Crippen molar-refractivity contribution in [3.8, 4) is 0 Å². The van der Waals surface area contributed by atoms with Gasteiger partial charge in [-0.2, -0.15) is 0 Å². The van der Waals surface area contributed by atoms with Gasteiger partial charge in [-0.05, 0) is 30.5 Å². The Labute approximate surface area is 103 Å². The number of nitrogens with one attached hydrogen (secondary N) is 1. The van der Waals surface area contributed by atoms with Gasteiger partial charge in [-0.3, -0.25) is 4.79 Å². The van der Waals surface area contributed by atoms with Crippen molar-refractivity contribution in [3.05, 3.63) is 41.5 Å². The molecule has 17 heavy (non-hydrogen) atoms. The number of allylic oxidation sites excluding steroid dienone is 1. The van der Waals surface area contributed by atoms with E-state index in [4.69, 9.17) is 0 Å². The summed E-state index contributed by atoms with van der Waals surface area (Å²) >= 11 is 1.62. The second kappa shape index (κ2) is 3.96. The van der Waals surface area contributed by atoms with E-state index in [1.165, 1.54) is 0 Å². The largest absolute Gasteiger partial charge is 0.330 e. The number of rotatable bonds is 1. The van der Waals surface area contributed by atoms with Crippen LogP contribution in [-0.4, -0.2) is 10.9 Å². The molecule has 4 heteroatoms. The van der Waals surface area contributed by atoms with Crippen LogP contribution in [0.1, 0.15) is 24.3 Å². The Morgan fingerprint density at radius 3 is 3.18 bits per heavy atom. The summed E-state index contributed by atoms with van der Waals surface area (Å²) in [4.78, 5) is 16.2. The lowest BCUT2D eigenvalue weighted by Crippen LogP contribution is -2.33. The van der Waals surface area contributed by atoms with E-state index in [1.807, 2.05) is 23.7 Å². The fourth-order valence-corrected chi connectivity index (χ4v) is 2.84. The van der Waals surface area contributed by atoms with Crippen LogP contribution in [0.2, 0.25) is 0 Å². The normalized spacial score (nSPS) is 20.6. The van der Waals surface area contributed by atoms with Gasteiger partial charge >= 0.3 is 0 Å². The highest BCUT2D eigenvalue weighted by molar-refractivity contribution is 7.16. The number of piperidine rings is 1. The minimum absolute atomic E-state index is 0.0517. The predicted octanol–water partition coefficient (Wildman–Crippen LogP) is 2.80. The van der Waals surface area contributed by atoms with Crippen molar-refractivity contribution in [2.45, 2.75) is 18.8 Å². The average Bonchev–Trinajstić information content (AvgIpc) is 2.75. The molecule has 0 spiro atoms. The van der Waals surface area contributed by atoms with Gasteiger partial charge in [0.1, 0.15) is 0 Å². The van der Waals surface area contributed by atoms with Crippen LogP contribution in [0.4, 0.5) is 0 Å². The van der Waals surface area contributed by atoms with Gasteiger partial charge in [-0.1, -0.05) is 12.6 Å². The summed E-state index contributed by atoms with van der Waals surface area (Å²) in [5, 5.41) is 2.82. The van der Waals surface area contributed by atoms with E-state index in [0.29, 0.717) is 0 Å². The van der Waals surface area contributed by atoms with Gasteiger partial charge < -0.3 is 5.32 Å². The molecular formula is C13H12N2OS. The molecule has 2 aromatic rings. The van der Waals surface area contributed by atoms with E-state index in [0.717, 1.165) is 34.3 Å². The fraction of sp³-hybridized carbons (Fsp3) is 0.231. The molecule has 1 atom stereocenters. The van der Waals surface area contributed by atoms with Crippen LogP contribution >= 0.6 is 11.3 Å². The van der Waals surface area contributed by atoms with Crippen molar-refractivity contribution >= 4 is 27.5 Å². The molecule has 86 valence electrons. The van der Waals surface area contributed by atoms with Crippen molar-refractivity contribution in [2.75, 3.05) is 0 Å². The van der Waals surface area contributed by atoms with E-state index < -0.39 is 0 Å². The number of carbonyl (C=O) groups is 1. The topological polar surface area (TPSA) is 42.0 Å². The molecule has 1 aliphatic heterocycles. The van der Waals surface area contributed by atoms with Crippen LogP contribution in [0.3, 0.4) is 0 Å². The van der Waals surface area contributed by atoms with E-state index in [9.17, 15) is 4.79 Å². The zero-order chi connectivity index (χ0) is 11.8. The predicted molar refractivity (Wildman–Crippen MR) is 68.9 cm³/mol. The van der Waals surface area contributed by atoms with Crippen LogP contribution in [-0.2, 0) is 4.79 Å². The number of thiazole rings is 1. The molecule has 1 aromatic heterocycles. The summed E-state index contributed by atoms with van der Waals surface area (Å²) in [5.74, 6) is -0.0116. The quantitative estimate of drug-likeness (QED) is 0.838. The Hall–Kier alpha value is -1.68. The monoisotopic (exact) mass is 244 g/mol. The van der Waals surface area contributed by atoms with E-state index in [1.54, 1.807) is 11.3 Å². The summed E-state index contributed by atoms with van der Waals surface area (Å²) in [6.45, 7) is 3.79. The Balaban J connectivity index is 1.97.